The van der Waals surface area contributed by atoms with E-state index in [0.29, 0.717) is 10.5 Å². The molecule has 0 unspecified atom stereocenters. The lowest BCUT2D eigenvalue weighted by atomic mass is 10.2. The maximum atomic E-state index is 10.7. The highest BCUT2D eigenvalue weighted by Crippen LogP contribution is 2.33. The molecule has 0 aliphatic rings. The Morgan fingerprint density at radius 1 is 1.26 bits per heavy atom. The Hall–Kier alpha value is -1.84. The summed E-state index contributed by atoms with van der Waals surface area (Å²) < 4.78 is 0.943. The normalized spacial score (nSPS) is 9.89. The quantitative estimate of drug-likeness (QED) is 0.617. The van der Waals surface area contributed by atoms with Crippen molar-refractivity contribution in [1.29, 1.82) is 5.26 Å². The molecule has 0 saturated carbocycles. The lowest BCUT2D eigenvalue weighted by Gasteiger charge is -2.04. The summed E-state index contributed by atoms with van der Waals surface area (Å²) in [6.45, 7) is 0. The SMILES string of the molecule is N#Cc1cc([N+](=O)[O-])ccc1Sc1cccc(Br)c1. The molecule has 0 bridgehead atoms. The molecule has 0 heterocycles. The number of nitro groups is 1. The molecule has 94 valence electrons. The number of halogens is 1. The van der Waals surface area contributed by atoms with Gasteiger partial charge in [-0.15, -0.1) is 0 Å². The number of nitro benzene ring substituents is 1. The van der Waals surface area contributed by atoms with Crippen molar-refractivity contribution in [3.63, 3.8) is 0 Å². The zero-order chi connectivity index (χ0) is 13.8. The van der Waals surface area contributed by atoms with Crippen molar-refractivity contribution in [2.75, 3.05) is 0 Å². The van der Waals surface area contributed by atoms with E-state index < -0.39 is 4.92 Å². The Morgan fingerprint density at radius 3 is 2.68 bits per heavy atom. The summed E-state index contributed by atoms with van der Waals surface area (Å²) in [6.07, 6.45) is 0. The smallest absolute Gasteiger partial charge is 0.258 e. The van der Waals surface area contributed by atoms with E-state index in [4.69, 9.17) is 5.26 Å². The fraction of sp³-hybridized carbons (Fsp3) is 0. The average Bonchev–Trinajstić information content (AvgIpc) is 2.39. The summed E-state index contributed by atoms with van der Waals surface area (Å²) in [5.74, 6) is 0. The Bertz CT molecular complexity index is 683. The first-order chi connectivity index (χ1) is 9.10. The fourth-order valence-corrected chi connectivity index (χ4v) is 2.95. The first kappa shape index (κ1) is 13.6. The molecule has 0 spiro atoms. The first-order valence-electron chi connectivity index (χ1n) is 5.22. The topological polar surface area (TPSA) is 66.9 Å². The molecule has 0 N–H and O–H groups in total. The van der Waals surface area contributed by atoms with E-state index in [0.717, 1.165) is 9.37 Å². The summed E-state index contributed by atoms with van der Waals surface area (Å²) in [5, 5.41) is 19.7. The highest BCUT2D eigenvalue weighted by Gasteiger charge is 2.11. The van der Waals surface area contributed by atoms with E-state index in [1.165, 1.54) is 23.9 Å². The predicted octanol–water partition coefficient (Wildman–Crippen LogP) is 4.38. The second kappa shape index (κ2) is 5.87. The molecule has 0 aromatic heterocycles. The first-order valence-corrected chi connectivity index (χ1v) is 6.83. The molecule has 0 fully saturated rings. The van der Waals surface area contributed by atoms with Crippen molar-refractivity contribution >= 4 is 33.4 Å². The number of hydrogen-bond acceptors (Lipinski definition) is 4. The van der Waals surface area contributed by atoms with Gasteiger partial charge < -0.3 is 0 Å². The van der Waals surface area contributed by atoms with Gasteiger partial charge in [0, 0.05) is 26.4 Å². The summed E-state index contributed by atoms with van der Waals surface area (Å²) in [7, 11) is 0. The lowest BCUT2D eigenvalue weighted by molar-refractivity contribution is -0.384. The number of rotatable bonds is 3. The van der Waals surface area contributed by atoms with Gasteiger partial charge >= 0.3 is 0 Å². The summed E-state index contributed by atoms with van der Waals surface area (Å²) in [5.41, 5.74) is 0.231. The van der Waals surface area contributed by atoms with Gasteiger partial charge in [0.15, 0.2) is 0 Å². The van der Waals surface area contributed by atoms with E-state index in [9.17, 15) is 10.1 Å². The second-order valence-electron chi connectivity index (χ2n) is 3.61. The molecular formula is C13H7BrN2O2S. The van der Waals surface area contributed by atoms with Gasteiger partial charge in [0.1, 0.15) is 6.07 Å². The van der Waals surface area contributed by atoms with Crippen molar-refractivity contribution in [1.82, 2.24) is 0 Å². The lowest BCUT2D eigenvalue weighted by Crippen LogP contribution is -1.90. The molecule has 0 amide bonds. The molecule has 2 rings (SSSR count). The minimum atomic E-state index is -0.506. The Labute approximate surface area is 122 Å². The molecule has 0 radical (unpaired) electrons. The Balaban J connectivity index is 2.36. The van der Waals surface area contributed by atoms with Gasteiger partial charge in [-0.25, -0.2) is 0 Å². The largest absolute Gasteiger partial charge is 0.270 e. The van der Waals surface area contributed by atoms with Crippen LogP contribution >= 0.6 is 27.7 Å². The molecule has 2 aromatic carbocycles. The minimum Gasteiger partial charge on any atom is -0.258 e. The van der Waals surface area contributed by atoms with E-state index in [1.807, 2.05) is 30.3 Å². The molecule has 6 heteroatoms. The molecule has 0 aliphatic heterocycles. The predicted molar refractivity (Wildman–Crippen MR) is 76.1 cm³/mol. The van der Waals surface area contributed by atoms with Crippen LogP contribution in [0.4, 0.5) is 5.69 Å². The number of nitriles is 1. The third kappa shape index (κ3) is 3.34. The van der Waals surface area contributed by atoms with Crippen LogP contribution in [0.15, 0.2) is 56.7 Å². The maximum Gasteiger partial charge on any atom is 0.270 e. The van der Waals surface area contributed by atoms with Crippen LogP contribution in [0.3, 0.4) is 0 Å². The van der Waals surface area contributed by atoms with E-state index in [1.54, 1.807) is 6.07 Å². The van der Waals surface area contributed by atoms with Crippen LogP contribution < -0.4 is 0 Å². The van der Waals surface area contributed by atoms with Gasteiger partial charge in [0.2, 0.25) is 0 Å². The molecule has 0 saturated heterocycles. The van der Waals surface area contributed by atoms with E-state index in [-0.39, 0.29) is 5.69 Å². The minimum absolute atomic E-state index is 0.0739. The van der Waals surface area contributed by atoms with Crippen LogP contribution in [0.1, 0.15) is 5.56 Å². The van der Waals surface area contributed by atoms with Crippen LogP contribution in [0.5, 0.6) is 0 Å². The molecule has 2 aromatic rings. The molecule has 4 nitrogen and oxygen atoms in total. The van der Waals surface area contributed by atoms with Crippen LogP contribution in [0.25, 0.3) is 0 Å². The second-order valence-corrected chi connectivity index (χ2v) is 5.64. The number of hydrogen-bond donors (Lipinski definition) is 0. The van der Waals surface area contributed by atoms with Crippen molar-refractivity contribution in [2.45, 2.75) is 9.79 Å². The molecule has 0 aliphatic carbocycles. The van der Waals surface area contributed by atoms with Crippen molar-refractivity contribution < 1.29 is 4.92 Å². The van der Waals surface area contributed by atoms with Crippen LogP contribution in [-0.4, -0.2) is 4.92 Å². The van der Waals surface area contributed by atoms with Crippen LogP contribution in [-0.2, 0) is 0 Å². The third-order valence-electron chi connectivity index (χ3n) is 2.32. The summed E-state index contributed by atoms with van der Waals surface area (Å²) >= 11 is 4.77. The maximum absolute atomic E-state index is 10.7. The van der Waals surface area contributed by atoms with Gasteiger partial charge in [-0.05, 0) is 24.3 Å². The van der Waals surface area contributed by atoms with Crippen LogP contribution in [0.2, 0.25) is 0 Å². The third-order valence-corrected chi connectivity index (χ3v) is 3.88. The Kier molecular flexibility index (Phi) is 4.20. The zero-order valence-electron chi connectivity index (χ0n) is 9.54. The highest BCUT2D eigenvalue weighted by atomic mass is 79.9. The number of non-ortho nitro benzene ring substituents is 1. The fourth-order valence-electron chi connectivity index (χ4n) is 1.47. The van der Waals surface area contributed by atoms with Gasteiger partial charge in [0.25, 0.3) is 5.69 Å². The number of nitrogens with zero attached hydrogens (tertiary/aromatic N) is 2. The summed E-state index contributed by atoms with van der Waals surface area (Å²) in [4.78, 5) is 11.8. The van der Waals surface area contributed by atoms with E-state index in [2.05, 4.69) is 15.9 Å². The van der Waals surface area contributed by atoms with Crippen molar-refractivity contribution in [2.24, 2.45) is 0 Å². The van der Waals surface area contributed by atoms with Gasteiger partial charge in [-0.2, -0.15) is 5.26 Å². The number of benzene rings is 2. The Morgan fingerprint density at radius 2 is 2.05 bits per heavy atom. The monoisotopic (exact) mass is 334 g/mol. The average molecular weight is 335 g/mol. The van der Waals surface area contributed by atoms with Gasteiger partial charge in [-0.1, -0.05) is 33.8 Å². The van der Waals surface area contributed by atoms with Gasteiger partial charge in [0.05, 0.1) is 10.5 Å². The molecule has 0 atom stereocenters. The van der Waals surface area contributed by atoms with E-state index >= 15 is 0 Å². The highest BCUT2D eigenvalue weighted by molar-refractivity contribution is 9.10. The van der Waals surface area contributed by atoms with Crippen LogP contribution in [0, 0.1) is 21.4 Å². The summed E-state index contributed by atoms with van der Waals surface area (Å²) in [6, 6.07) is 13.9. The van der Waals surface area contributed by atoms with Crippen molar-refractivity contribution in [3.8, 4) is 6.07 Å². The molecular weight excluding hydrogens is 328 g/mol. The standard InChI is InChI=1S/C13H7BrN2O2S/c14-10-2-1-3-12(7-10)19-13-5-4-11(16(17)18)6-9(13)8-15/h1-7H. The van der Waals surface area contributed by atoms with Crippen molar-refractivity contribution in [3.05, 3.63) is 62.6 Å². The zero-order valence-corrected chi connectivity index (χ0v) is 11.9. The molecule has 19 heavy (non-hydrogen) atoms. The van der Waals surface area contributed by atoms with Gasteiger partial charge in [-0.3, -0.25) is 10.1 Å².